The number of aromatic nitrogens is 2. The van der Waals surface area contributed by atoms with Gasteiger partial charge in [-0.25, -0.2) is 4.98 Å². The Balaban J connectivity index is 1.64. The lowest BCUT2D eigenvalue weighted by molar-refractivity contribution is 0.282. The molecular formula is C26H21ClIN3O2. The fraction of sp³-hybridized carbons (Fsp3) is 0.154. The predicted molar refractivity (Wildman–Crippen MR) is 141 cm³/mol. The molecule has 0 saturated carbocycles. The number of nitrogens with zero attached hydrogens (tertiary/aromatic N) is 2. The molecule has 0 atom stereocenters. The summed E-state index contributed by atoms with van der Waals surface area (Å²) in [6.07, 6.45) is 1.80. The first-order chi connectivity index (χ1) is 15.9. The molecule has 33 heavy (non-hydrogen) atoms. The number of rotatable bonds is 6. The molecular weight excluding hydrogens is 549 g/mol. The van der Waals surface area contributed by atoms with E-state index in [1.807, 2.05) is 42.5 Å². The van der Waals surface area contributed by atoms with Crippen LogP contribution in [0.2, 0.25) is 5.02 Å². The molecule has 0 bridgehead atoms. The van der Waals surface area contributed by atoms with Gasteiger partial charge in [-0.15, -0.1) is 0 Å². The van der Waals surface area contributed by atoms with E-state index in [9.17, 15) is 5.26 Å². The lowest BCUT2D eigenvalue weighted by atomic mass is 10.1. The maximum Gasteiger partial charge on any atom is 0.174 e. The second-order valence-electron chi connectivity index (χ2n) is 7.66. The van der Waals surface area contributed by atoms with Crippen LogP contribution < -0.4 is 9.47 Å². The minimum absolute atomic E-state index is 0.389. The highest BCUT2D eigenvalue weighted by molar-refractivity contribution is 14.1. The van der Waals surface area contributed by atoms with Gasteiger partial charge < -0.3 is 14.5 Å². The summed E-state index contributed by atoms with van der Waals surface area (Å²) in [6.45, 7) is 4.50. The Hall–Kier alpha value is -3.02. The van der Waals surface area contributed by atoms with E-state index in [4.69, 9.17) is 21.1 Å². The molecule has 0 saturated heterocycles. The van der Waals surface area contributed by atoms with Gasteiger partial charge >= 0.3 is 0 Å². The van der Waals surface area contributed by atoms with Crippen molar-refractivity contribution in [3.63, 3.8) is 0 Å². The van der Waals surface area contributed by atoms with E-state index < -0.39 is 0 Å². The van der Waals surface area contributed by atoms with Crippen LogP contribution in [-0.2, 0) is 6.61 Å². The van der Waals surface area contributed by atoms with Gasteiger partial charge in [0, 0.05) is 5.02 Å². The van der Waals surface area contributed by atoms with Gasteiger partial charge in [-0.3, -0.25) is 0 Å². The first kappa shape index (κ1) is 23.1. The molecule has 4 aromatic rings. The number of aryl methyl sites for hydroxylation is 2. The monoisotopic (exact) mass is 569 g/mol. The van der Waals surface area contributed by atoms with Crippen molar-refractivity contribution in [2.75, 3.05) is 7.11 Å². The van der Waals surface area contributed by atoms with Gasteiger partial charge in [0.1, 0.15) is 18.5 Å². The maximum absolute atomic E-state index is 9.81. The van der Waals surface area contributed by atoms with E-state index in [0.717, 1.165) is 31.3 Å². The minimum Gasteiger partial charge on any atom is -0.493 e. The summed E-state index contributed by atoms with van der Waals surface area (Å²) >= 11 is 8.17. The summed E-state index contributed by atoms with van der Waals surface area (Å²) in [5, 5.41) is 10.5. The normalized spacial score (nSPS) is 11.5. The van der Waals surface area contributed by atoms with Gasteiger partial charge in [0.15, 0.2) is 11.5 Å². The molecule has 0 aliphatic heterocycles. The van der Waals surface area contributed by atoms with Crippen molar-refractivity contribution in [2.24, 2.45) is 0 Å². The van der Waals surface area contributed by atoms with Gasteiger partial charge in [0.25, 0.3) is 0 Å². The number of hydrogen-bond donors (Lipinski definition) is 1. The van der Waals surface area contributed by atoms with Crippen LogP contribution in [0.25, 0.3) is 22.7 Å². The number of aromatic amines is 1. The zero-order valence-corrected chi connectivity index (χ0v) is 21.3. The topological polar surface area (TPSA) is 70.9 Å². The fourth-order valence-corrected chi connectivity index (χ4v) is 4.32. The number of halogens is 2. The van der Waals surface area contributed by atoms with Crippen LogP contribution in [0.3, 0.4) is 0 Å². The Bertz CT molecular complexity index is 1360. The van der Waals surface area contributed by atoms with Gasteiger partial charge in [-0.05, 0) is 101 Å². The SMILES string of the molecule is COc1cc(/C=C(\C#N)c2nc3cc(C)c(C)cc3[nH]2)cc(I)c1OCc1ccc(Cl)cc1. The van der Waals surface area contributed by atoms with Crippen molar-refractivity contribution in [3.05, 3.63) is 85.2 Å². The summed E-state index contributed by atoms with van der Waals surface area (Å²) in [5.41, 5.74) is 6.35. The van der Waals surface area contributed by atoms with Crippen LogP contribution in [0.1, 0.15) is 28.1 Å². The van der Waals surface area contributed by atoms with E-state index in [2.05, 4.69) is 58.5 Å². The summed E-state index contributed by atoms with van der Waals surface area (Å²) in [6, 6.07) is 17.7. The third-order valence-electron chi connectivity index (χ3n) is 5.33. The number of ether oxygens (including phenoxy) is 2. The van der Waals surface area contributed by atoms with Crippen LogP contribution in [-0.4, -0.2) is 17.1 Å². The van der Waals surface area contributed by atoms with Crippen molar-refractivity contribution >= 4 is 56.9 Å². The zero-order chi connectivity index (χ0) is 23.5. The third kappa shape index (κ3) is 5.15. The number of benzene rings is 3. The van der Waals surface area contributed by atoms with Crippen LogP contribution in [0.15, 0.2) is 48.5 Å². The van der Waals surface area contributed by atoms with Crippen molar-refractivity contribution < 1.29 is 9.47 Å². The van der Waals surface area contributed by atoms with Crippen molar-refractivity contribution in [1.29, 1.82) is 5.26 Å². The fourth-order valence-electron chi connectivity index (χ4n) is 3.42. The van der Waals surface area contributed by atoms with E-state index in [0.29, 0.717) is 34.5 Å². The molecule has 0 unspecified atom stereocenters. The highest BCUT2D eigenvalue weighted by atomic mass is 127. The van der Waals surface area contributed by atoms with Crippen molar-refractivity contribution in [2.45, 2.75) is 20.5 Å². The largest absolute Gasteiger partial charge is 0.493 e. The number of nitrogens with one attached hydrogen (secondary N) is 1. The quantitative estimate of drug-likeness (QED) is 0.199. The van der Waals surface area contributed by atoms with Crippen LogP contribution in [0, 0.1) is 28.7 Å². The molecule has 0 aliphatic rings. The van der Waals surface area contributed by atoms with Crippen LogP contribution in [0.5, 0.6) is 11.5 Å². The first-order valence-electron chi connectivity index (χ1n) is 10.2. The number of imidazole rings is 1. The van der Waals surface area contributed by atoms with E-state index >= 15 is 0 Å². The number of allylic oxidation sites excluding steroid dienone is 1. The van der Waals surface area contributed by atoms with E-state index in [-0.39, 0.29) is 0 Å². The van der Waals surface area contributed by atoms with Gasteiger partial charge in [-0.2, -0.15) is 5.26 Å². The Morgan fingerprint density at radius 3 is 2.58 bits per heavy atom. The summed E-state index contributed by atoms with van der Waals surface area (Å²) in [5.74, 6) is 1.78. The molecule has 4 rings (SSSR count). The smallest absolute Gasteiger partial charge is 0.174 e. The van der Waals surface area contributed by atoms with Crippen LogP contribution >= 0.6 is 34.2 Å². The Labute approximate surface area is 211 Å². The highest BCUT2D eigenvalue weighted by Crippen LogP contribution is 2.35. The van der Waals surface area contributed by atoms with Crippen molar-refractivity contribution in [1.82, 2.24) is 9.97 Å². The third-order valence-corrected chi connectivity index (χ3v) is 6.39. The van der Waals surface area contributed by atoms with Gasteiger partial charge in [-0.1, -0.05) is 23.7 Å². The Morgan fingerprint density at radius 1 is 1.15 bits per heavy atom. The lowest BCUT2D eigenvalue weighted by Gasteiger charge is -2.14. The second kappa shape index (κ2) is 9.86. The minimum atomic E-state index is 0.389. The molecule has 0 amide bonds. The molecule has 1 heterocycles. The number of fused-ring (bicyclic) bond motifs is 1. The molecule has 0 radical (unpaired) electrons. The predicted octanol–water partition coefficient (Wildman–Crippen LogP) is 7.09. The summed E-state index contributed by atoms with van der Waals surface area (Å²) in [7, 11) is 1.60. The maximum atomic E-state index is 9.81. The molecule has 1 N–H and O–H groups in total. The molecule has 7 heteroatoms. The lowest BCUT2D eigenvalue weighted by Crippen LogP contribution is -2.00. The molecule has 5 nitrogen and oxygen atoms in total. The second-order valence-corrected chi connectivity index (χ2v) is 9.26. The van der Waals surface area contributed by atoms with Gasteiger partial charge in [0.2, 0.25) is 0 Å². The number of methoxy groups -OCH3 is 1. The van der Waals surface area contributed by atoms with Crippen LogP contribution in [0.4, 0.5) is 0 Å². The average molecular weight is 570 g/mol. The Kier molecular flexibility index (Phi) is 6.91. The number of H-pyrrole nitrogens is 1. The molecule has 3 aromatic carbocycles. The molecule has 166 valence electrons. The molecule has 0 spiro atoms. The summed E-state index contributed by atoms with van der Waals surface area (Å²) < 4.78 is 12.5. The Morgan fingerprint density at radius 2 is 1.88 bits per heavy atom. The van der Waals surface area contributed by atoms with E-state index in [1.165, 1.54) is 5.56 Å². The zero-order valence-electron chi connectivity index (χ0n) is 18.4. The number of hydrogen-bond acceptors (Lipinski definition) is 4. The average Bonchev–Trinajstić information content (AvgIpc) is 3.20. The highest BCUT2D eigenvalue weighted by Gasteiger charge is 2.14. The van der Waals surface area contributed by atoms with Gasteiger partial charge in [0.05, 0.1) is 27.3 Å². The van der Waals surface area contributed by atoms with Crippen molar-refractivity contribution in [3.8, 4) is 17.6 Å². The molecule has 0 aliphatic carbocycles. The number of nitriles is 1. The summed E-state index contributed by atoms with van der Waals surface area (Å²) in [4.78, 5) is 7.88. The van der Waals surface area contributed by atoms with E-state index in [1.54, 1.807) is 13.2 Å². The first-order valence-corrected chi connectivity index (χ1v) is 11.7. The molecule has 0 fully saturated rings. The standard InChI is InChI=1S/C26H21ClIN3O2/c1-15-8-22-23(9-16(15)2)31-26(30-22)19(13-29)10-18-11-21(28)25(24(12-18)32-3)33-14-17-4-6-20(27)7-5-17/h4-12H,14H2,1-3H3,(H,30,31)/b19-10+. The molecule has 1 aromatic heterocycles.